The van der Waals surface area contributed by atoms with Crippen LogP contribution in [0, 0.1) is 17.8 Å². The average Bonchev–Trinajstić information content (AvgIpc) is 2.53. The molecular weight excluding hydrogens is 328 g/mol. The first-order valence-corrected chi connectivity index (χ1v) is 10.2. The van der Waals surface area contributed by atoms with Crippen molar-refractivity contribution < 1.29 is 17.6 Å². The Bertz CT molecular complexity index is 326. The number of rotatable bonds is 15. The smallest absolute Gasteiger partial charge is 0.207 e. The van der Waals surface area contributed by atoms with E-state index in [0.29, 0.717) is 37.0 Å². The van der Waals surface area contributed by atoms with Gasteiger partial charge in [-0.1, -0.05) is 60.3 Å². The molecule has 152 valence electrons. The van der Waals surface area contributed by atoms with Gasteiger partial charge in [0.05, 0.1) is 0 Å². The molecule has 0 nitrogen and oxygen atoms in total. The molecular formula is C21H40F4. The summed E-state index contributed by atoms with van der Waals surface area (Å²) in [5.41, 5.74) is 0. The van der Waals surface area contributed by atoms with Crippen molar-refractivity contribution in [1.82, 2.24) is 0 Å². The largest absolute Gasteiger partial charge is 0.248 e. The lowest BCUT2D eigenvalue weighted by Crippen LogP contribution is -2.18. The standard InChI is InChI=1S/C21H40F4/c1-6-20(22,23)14-8-7-9-18(4)10-11-19(5)13-16-21(24,25)15-12-17(2)3/h17-19H,6-16H2,1-5H3. The summed E-state index contributed by atoms with van der Waals surface area (Å²) in [6, 6.07) is 0. The summed E-state index contributed by atoms with van der Waals surface area (Å²) in [7, 11) is 0. The van der Waals surface area contributed by atoms with Crippen molar-refractivity contribution in [2.75, 3.05) is 0 Å². The molecule has 25 heavy (non-hydrogen) atoms. The molecule has 0 aromatic carbocycles. The van der Waals surface area contributed by atoms with E-state index in [1.807, 2.05) is 20.8 Å². The zero-order chi connectivity index (χ0) is 19.5. The minimum atomic E-state index is -2.53. The maximum absolute atomic E-state index is 13.8. The van der Waals surface area contributed by atoms with Gasteiger partial charge >= 0.3 is 0 Å². The molecule has 0 N–H and O–H groups in total. The highest BCUT2D eigenvalue weighted by molar-refractivity contribution is 4.70. The molecule has 0 amide bonds. The molecule has 0 radical (unpaired) electrons. The number of unbranched alkanes of at least 4 members (excludes halogenated alkanes) is 1. The van der Waals surface area contributed by atoms with E-state index in [-0.39, 0.29) is 25.7 Å². The van der Waals surface area contributed by atoms with Crippen molar-refractivity contribution in [1.29, 1.82) is 0 Å². The van der Waals surface area contributed by atoms with E-state index in [4.69, 9.17) is 0 Å². The fraction of sp³-hybridized carbons (Fsp3) is 1.00. The predicted molar refractivity (Wildman–Crippen MR) is 99.5 cm³/mol. The lowest BCUT2D eigenvalue weighted by Gasteiger charge is -2.21. The topological polar surface area (TPSA) is 0 Å². The second kappa shape index (κ2) is 12.2. The Hall–Kier alpha value is -0.280. The van der Waals surface area contributed by atoms with Crippen LogP contribution in [0.5, 0.6) is 0 Å². The van der Waals surface area contributed by atoms with Crippen LogP contribution in [0.15, 0.2) is 0 Å². The average molecular weight is 369 g/mol. The number of hydrogen-bond donors (Lipinski definition) is 0. The second-order valence-corrected chi connectivity index (χ2v) is 8.57. The van der Waals surface area contributed by atoms with Gasteiger partial charge < -0.3 is 0 Å². The molecule has 0 rings (SSSR count). The molecule has 0 spiro atoms. The van der Waals surface area contributed by atoms with Crippen LogP contribution >= 0.6 is 0 Å². The molecule has 2 atom stereocenters. The van der Waals surface area contributed by atoms with Gasteiger partial charge in [0, 0.05) is 25.7 Å². The van der Waals surface area contributed by atoms with Crippen LogP contribution in [0.25, 0.3) is 0 Å². The van der Waals surface area contributed by atoms with E-state index >= 15 is 0 Å². The molecule has 0 aromatic rings. The van der Waals surface area contributed by atoms with Crippen molar-refractivity contribution >= 4 is 0 Å². The van der Waals surface area contributed by atoms with Gasteiger partial charge in [-0.15, -0.1) is 0 Å². The molecule has 2 unspecified atom stereocenters. The second-order valence-electron chi connectivity index (χ2n) is 8.57. The highest BCUT2D eigenvalue weighted by atomic mass is 19.3. The Balaban J connectivity index is 3.81. The van der Waals surface area contributed by atoms with Gasteiger partial charge in [-0.25, -0.2) is 17.6 Å². The van der Waals surface area contributed by atoms with Gasteiger partial charge in [-0.3, -0.25) is 0 Å². The Morgan fingerprint density at radius 1 is 0.600 bits per heavy atom. The van der Waals surface area contributed by atoms with Crippen LogP contribution in [-0.2, 0) is 0 Å². The first-order chi connectivity index (χ1) is 11.5. The van der Waals surface area contributed by atoms with Crippen LogP contribution in [-0.4, -0.2) is 11.8 Å². The molecule has 0 bridgehead atoms. The van der Waals surface area contributed by atoms with Crippen LogP contribution < -0.4 is 0 Å². The summed E-state index contributed by atoms with van der Waals surface area (Å²) >= 11 is 0. The zero-order valence-electron chi connectivity index (χ0n) is 17.0. The van der Waals surface area contributed by atoms with E-state index in [1.54, 1.807) is 0 Å². The maximum atomic E-state index is 13.8. The van der Waals surface area contributed by atoms with Gasteiger partial charge in [0.25, 0.3) is 0 Å². The molecule has 0 saturated heterocycles. The van der Waals surface area contributed by atoms with Crippen molar-refractivity contribution in [3.05, 3.63) is 0 Å². The fourth-order valence-corrected chi connectivity index (χ4v) is 2.99. The first kappa shape index (κ1) is 24.7. The fourth-order valence-electron chi connectivity index (χ4n) is 2.99. The number of hydrogen-bond acceptors (Lipinski definition) is 0. The third kappa shape index (κ3) is 14.6. The third-order valence-electron chi connectivity index (χ3n) is 5.25. The van der Waals surface area contributed by atoms with Gasteiger partial charge in [0.15, 0.2) is 0 Å². The molecule has 0 aromatic heterocycles. The quantitative estimate of drug-likeness (QED) is 0.201. The summed E-state index contributed by atoms with van der Waals surface area (Å²) in [4.78, 5) is 0. The molecule has 0 fully saturated rings. The minimum absolute atomic E-state index is 0.00379. The van der Waals surface area contributed by atoms with Gasteiger partial charge in [-0.2, -0.15) is 0 Å². The Labute approximate surface area is 153 Å². The summed E-state index contributed by atoms with van der Waals surface area (Å²) < 4.78 is 53.9. The van der Waals surface area contributed by atoms with Crippen LogP contribution in [0.1, 0.15) is 105 Å². The summed E-state index contributed by atoms with van der Waals surface area (Å²) in [6.45, 7) is 9.66. The van der Waals surface area contributed by atoms with Crippen LogP contribution in [0.4, 0.5) is 17.6 Å². The summed E-state index contributed by atoms with van der Waals surface area (Å²) in [5.74, 6) is -3.94. The lowest BCUT2D eigenvalue weighted by molar-refractivity contribution is -0.0258. The Morgan fingerprint density at radius 2 is 1.12 bits per heavy atom. The molecule has 0 saturated carbocycles. The van der Waals surface area contributed by atoms with E-state index in [2.05, 4.69) is 6.92 Å². The van der Waals surface area contributed by atoms with E-state index in [1.165, 1.54) is 6.92 Å². The van der Waals surface area contributed by atoms with Crippen LogP contribution in [0.3, 0.4) is 0 Å². The van der Waals surface area contributed by atoms with E-state index in [0.717, 1.165) is 25.7 Å². The predicted octanol–water partition coefficient (Wildman–Crippen LogP) is 8.50. The minimum Gasteiger partial charge on any atom is -0.207 e. The summed E-state index contributed by atoms with van der Waals surface area (Å²) in [6.07, 6.45) is 5.35. The highest BCUT2D eigenvalue weighted by Gasteiger charge is 2.29. The van der Waals surface area contributed by atoms with Crippen molar-refractivity contribution in [2.45, 2.75) is 117 Å². The highest BCUT2D eigenvalue weighted by Crippen LogP contribution is 2.31. The molecule has 0 aliphatic carbocycles. The lowest BCUT2D eigenvalue weighted by atomic mass is 9.90. The van der Waals surface area contributed by atoms with Crippen molar-refractivity contribution in [3.63, 3.8) is 0 Å². The number of alkyl halides is 4. The van der Waals surface area contributed by atoms with Crippen molar-refractivity contribution in [2.24, 2.45) is 17.8 Å². The molecule has 0 aliphatic heterocycles. The first-order valence-electron chi connectivity index (χ1n) is 10.2. The van der Waals surface area contributed by atoms with Crippen molar-refractivity contribution in [3.8, 4) is 0 Å². The monoisotopic (exact) mass is 368 g/mol. The SMILES string of the molecule is CCC(F)(F)CCCCC(C)CCC(C)CCC(F)(F)CCC(C)C. The normalized spacial score (nSPS) is 15.6. The Kier molecular flexibility index (Phi) is 12.0. The zero-order valence-corrected chi connectivity index (χ0v) is 17.0. The van der Waals surface area contributed by atoms with Gasteiger partial charge in [-0.05, 0) is 37.0 Å². The van der Waals surface area contributed by atoms with Gasteiger partial charge in [0.1, 0.15) is 0 Å². The summed E-state index contributed by atoms with van der Waals surface area (Å²) in [5, 5.41) is 0. The van der Waals surface area contributed by atoms with E-state index in [9.17, 15) is 17.6 Å². The van der Waals surface area contributed by atoms with E-state index < -0.39 is 11.8 Å². The van der Waals surface area contributed by atoms with Crippen LogP contribution in [0.2, 0.25) is 0 Å². The third-order valence-corrected chi connectivity index (χ3v) is 5.25. The molecule has 4 heteroatoms. The Morgan fingerprint density at radius 3 is 1.64 bits per heavy atom. The molecule has 0 aliphatic rings. The van der Waals surface area contributed by atoms with Gasteiger partial charge in [0.2, 0.25) is 11.8 Å². The number of halogens is 4. The molecule has 0 heterocycles. The maximum Gasteiger partial charge on any atom is 0.248 e.